The van der Waals surface area contributed by atoms with Gasteiger partial charge in [0.2, 0.25) is 0 Å². The second-order valence-corrected chi connectivity index (χ2v) is 6.95. The maximum Gasteiger partial charge on any atom is 0.255 e. The van der Waals surface area contributed by atoms with Crippen LogP contribution in [-0.2, 0) is 9.47 Å². The zero-order valence-corrected chi connectivity index (χ0v) is 15.5. The van der Waals surface area contributed by atoms with E-state index in [9.17, 15) is 4.79 Å². The highest BCUT2D eigenvalue weighted by Crippen LogP contribution is 2.29. The molecule has 0 spiro atoms. The number of anilines is 1. The van der Waals surface area contributed by atoms with E-state index in [-0.39, 0.29) is 5.91 Å². The monoisotopic (exact) mass is 367 g/mol. The third kappa shape index (κ3) is 4.63. The first-order valence-electron chi connectivity index (χ1n) is 9.04. The summed E-state index contributed by atoms with van der Waals surface area (Å²) in [5.41, 5.74) is 0.540. The number of aromatic nitrogens is 1. The SMILES string of the molecule is CCOCC1CCCN(c2ncc(C(=O)N3CCOCC3)cc2Cl)C1. The molecule has 6 nitrogen and oxygen atoms in total. The lowest BCUT2D eigenvalue weighted by Gasteiger charge is -2.34. The number of amides is 1. The van der Waals surface area contributed by atoms with E-state index in [4.69, 9.17) is 21.1 Å². The summed E-state index contributed by atoms with van der Waals surface area (Å²) in [6.07, 6.45) is 3.91. The molecular weight excluding hydrogens is 342 g/mol. The molecule has 1 aromatic rings. The first-order valence-corrected chi connectivity index (χ1v) is 9.42. The smallest absolute Gasteiger partial charge is 0.255 e. The summed E-state index contributed by atoms with van der Waals surface area (Å²) in [6.45, 7) is 7.76. The highest BCUT2D eigenvalue weighted by Gasteiger charge is 2.24. The first-order chi connectivity index (χ1) is 12.2. The Balaban J connectivity index is 1.67. The molecule has 0 bridgehead atoms. The minimum absolute atomic E-state index is 0.0304. The molecular formula is C18H26ClN3O3. The van der Waals surface area contributed by atoms with Gasteiger partial charge in [0.25, 0.3) is 5.91 Å². The maximum absolute atomic E-state index is 12.6. The number of carbonyl (C=O) groups is 1. The molecule has 2 fully saturated rings. The number of hydrogen-bond acceptors (Lipinski definition) is 5. The normalized spacial score (nSPS) is 21.4. The van der Waals surface area contributed by atoms with E-state index in [0.29, 0.717) is 42.8 Å². The Kier molecular flexibility index (Phi) is 6.51. The fourth-order valence-electron chi connectivity index (χ4n) is 3.41. The van der Waals surface area contributed by atoms with E-state index in [2.05, 4.69) is 9.88 Å². The molecule has 0 aliphatic carbocycles. The van der Waals surface area contributed by atoms with Gasteiger partial charge in [0, 0.05) is 39.0 Å². The zero-order valence-electron chi connectivity index (χ0n) is 14.7. The second kappa shape index (κ2) is 8.83. The number of hydrogen-bond donors (Lipinski definition) is 0. The Hall–Kier alpha value is -1.37. The molecule has 2 saturated heterocycles. The van der Waals surface area contributed by atoms with Crippen LogP contribution in [0.25, 0.3) is 0 Å². The predicted octanol–water partition coefficient (Wildman–Crippen LogP) is 2.46. The van der Waals surface area contributed by atoms with Gasteiger partial charge in [0.1, 0.15) is 5.82 Å². The number of piperidine rings is 1. The van der Waals surface area contributed by atoms with Gasteiger partial charge in [-0.15, -0.1) is 0 Å². The Morgan fingerprint density at radius 3 is 2.92 bits per heavy atom. The lowest BCUT2D eigenvalue weighted by molar-refractivity contribution is 0.0302. The van der Waals surface area contributed by atoms with Gasteiger partial charge in [-0.2, -0.15) is 0 Å². The zero-order chi connectivity index (χ0) is 17.6. The van der Waals surface area contributed by atoms with Gasteiger partial charge in [-0.25, -0.2) is 4.98 Å². The minimum atomic E-state index is -0.0304. The molecule has 7 heteroatoms. The van der Waals surface area contributed by atoms with Crippen LogP contribution < -0.4 is 4.90 Å². The first kappa shape index (κ1) is 18.4. The van der Waals surface area contributed by atoms with Crippen LogP contribution in [0.2, 0.25) is 5.02 Å². The van der Waals surface area contributed by atoms with Gasteiger partial charge in [0.15, 0.2) is 0 Å². The van der Waals surface area contributed by atoms with Crippen LogP contribution in [0, 0.1) is 5.92 Å². The summed E-state index contributed by atoms with van der Waals surface area (Å²) in [5, 5.41) is 0.538. The van der Waals surface area contributed by atoms with Crippen molar-refractivity contribution < 1.29 is 14.3 Å². The molecule has 0 saturated carbocycles. The molecule has 0 aromatic carbocycles. The van der Waals surface area contributed by atoms with Gasteiger partial charge in [-0.3, -0.25) is 4.79 Å². The Morgan fingerprint density at radius 2 is 2.20 bits per heavy atom. The van der Waals surface area contributed by atoms with Crippen molar-refractivity contribution in [3.05, 3.63) is 22.8 Å². The molecule has 1 amide bonds. The van der Waals surface area contributed by atoms with Crippen molar-refractivity contribution in [2.24, 2.45) is 5.92 Å². The number of carbonyl (C=O) groups excluding carboxylic acids is 1. The van der Waals surface area contributed by atoms with Gasteiger partial charge < -0.3 is 19.3 Å². The largest absolute Gasteiger partial charge is 0.381 e. The van der Waals surface area contributed by atoms with E-state index in [1.54, 1.807) is 17.2 Å². The standard InChI is InChI=1S/C18H26ClN3O3/c1-2-24-13-14-4-3-5-22(12-14)17-16(19)10-15(11-20-17)18(23)21-6-8-25-9-7-21/h10-11,14H,2-9,12-13H2,1H3. The Morgan fingerprint density at radius 1 is 1.40 bits per heavy atom. The molecule has 2 aliphatic rings. The molecule has 3 heterocycles. The van der Waals surface area contributed by atoms with E-state index in [0.717, 1.165) is 38.5 Å². The molecule has 2 aliphatic heterocycles. The van der Waals surface area contributed by atoms with Crippen LogP contribution in [0.15, 0.2) is 12.3 Å². The highest BCUT2D eigenvalue weighted by molar-refractivity contribution is 6.33. The maximum atomic E-state index is 12.6. The van der Waals surface area contributed by atoms with Crippen molar-refractivity contribution >= 4 is 23.3 Å². The molecule has 3 rings (SSSR count). The fraction of sp³-hybridized carbons (Fsp3) is 0.667. The molecule has 1 atom stereocenters. The fourth-order valence-corrected chi connectivity index (χ4v) is 3.69. The van der Waals surface area contributed by atoms with Crippen LogP contribution in [0.4, 0.5) is 5.82 Å². The van der Waals surface area contributed by atoms with Crippen molar-refractivity contribution in [2.75, 3.05) is 57.5 Å². The Bertz CT molecular complexity index is 593. The second-order valence-electron chi connectivity index (χ2n) is 6.55. The highest BCUT2D eigenvalue weighted by atomic mass is 35.5. The van der Waals surface area contributed by atoms with Gasteiger partial charge in [-0.05, 0) is 31.7 Å². The molecule has 0 N–H and O–H groups in total. The van der Waals surface area contributed by atoms with E-state index in [1.807, 2.05) is 6.92 Å². The van der Waals surface area contributed by atoms with Gasteiger partial charge >= 0.3 is 0 Å². The number of ether oxygens (including phenoxy) is 2. The molecule has 0 radical (unpaired) electrons. The van der Waals surface area contributed by atoms with Crippen molar-refractivity contribution in [3.63, 3.8) is 0 Å². The lowest BCUT2D eigenvalue weighted by Crippen LogP contribution is -2.41. The number of nitrogens with zero attached hydrogens (tertiary/aromatic N) is 3. The molecule has 138 valence electrons. The summed E-state index contributed by atoms with van der Waals surface area (Å²) < 4.78 is 10.9. The Labute approximate surface area is 154 Å². The van der Waals surface area contributed by atoms with E-state index >= 15 is 0 Å². The van der Waals surface area contributed by atoms with Crippen molar-refractivity contribution in [1.82, 2.24) is 9.88 Å². The van der Waals surface area contributed by atoms with Crippen molar-refractivity contribution in [2.45, 2.75) is 19.8 Å². The topological polar surface area (TPSA) is 54.9 Å². The van der Waals surface area contributed by atoms with Gasteiger partial charge in [0.05, 0.1) is 30.4 Å². The van der Waals surface area contributed by atoms with Crippen LogP contribution >= 0.6 is 11.6 Å². The lowest BCUT2D eigenvalue weighted by atomic mass is 9.99. The van der Waals surface area contributed by atoms with Crippen LogP contribution in [0.1, 0.15) is 30.1 Å². The van der Waals surface area contributed by atoms with Crippen LogP contribution in [-0.4, -0.2) is 68.4 Å². The van der Waals surface area contributed by atoms with E-state index in [1.165, 1.54) is 6.42 Å². The van der Waals surface area contributed by atoms with E-state index < -0.39 is 0 Å². The molecule has 25 heavy (non-hydrogen) atoms. The number of rotatable bonds is 5. The average molecular weight is 368 g/mol. The minimum Gasteiger partial charge on any atom is -0.381 e. The van der Waals surface area contributed by atoms with Crippen molar-refractivity contribution in [1.29, 1.82) is 0 Å². The average Bonchev–Trinajstić information content (AvgIpc) is 2.66. The number of halogens is 1. The third-order valence-corrected chi connectivity index (χ3v) is 5.02. The summed E-state index contributed by atoms with van der Waals surface area (Å²) in [7, 11) is 0. The summed E-state index contributed by atoms with van der Waals surface area (Å²) in [6, 6.07) is 1.74. The van der Waals surface area contributed by atoms with Gasteiger partial charge in [-0.1, -0.05) is 11.6 Å². The number of pyridine rings is 1. The molecule has 1 aromatic heterocycles. The summed E-state index contributed by atoms with van der Waals surface area (Å²) in [4.78, 5) is 21.1. The molecule has 1 unspecified atom stereocenters. The van der Waals surface area contributed by atoms with Crippen LogP contribution in [0.3, 0.4) is 0 Å². The van der Waals surface area contributed by atoms with Crippen molar-refractivity contribution in [3.8, 4) is 0 Å². The quantitative estimate of drug-likeness (QED) is 0.800. The number of morpholine rings is 1. The van der Waals surface area contributed by atoms with Crippen LogP contribution in [0.5, 0.6) is 0 Å². The third-order valence-electron chi connectivity index (χ3n) is 4.74. The summed E-state index contributed by atoms with van der Waals surface area (Å²) in [5.74, 6) is 1.24. The predicted molar refractivity (Wildman–Crippen MR) is 97.4 cm³/mol. The summed E-state index contributed by atoms with van der Waals surface area (Å²) >= 11 is 6.47.